The summed E-state index contributed by atoms with van der Waals surface area (Å²) in [6.45, 7) is 9.45. The predicted octanol–water partition coefficient (Wildman–Crippen LogP) is -0.138. The molecule has 16 heavy (non-hydrogen) atoms. The van der Waals surface area contributed by atoms with Gasteiger partial charge in [0.15, 0.2) is 0 Å². The lowest BCUT2D eigenvalue weighted by Gasteiger charge is -2.37. The van der Waals surface area contributed by atoms with Crippen molar-refractivity contribution < 1.29 is 0 Å². The van der Waals surface area contributed by atoms with Gasteiger partial charge in [0.25, 0.3) is 0 Å². The molecule has 0 unspecified atom stereocenters. The van der Waals surface area contributed by atoms with Crippen molar-refractivity contribution in [2.45, 2.75) is 12.8 Å². The summed E-state index contributed by atoms with van der Waals surface area (Å²) in [5, 5.41) is 0. The van der Waals surface area contributed by atoms with Gasteiger partial charge in [-0.3, -0.25) is 4.90 Å². The van der Waals surface area contributed by atoms with Crippen molar-refractivity contribution in [2.24, 2.45) is 11.7 Å². The summed E-state index contributed by atoms with van der Waals surface area (Å²) in [6.07, 6.45) is 2.67. The van der Waals surface area contributed by atoms with Gasteiger partial charge in [-0.1, -0.05) is 0 Å². The average molecular weight is 226 g/mol. The number of hydrogen-bond acceptors (Lipinski definition) is 4. The largest absolute Gasteiger partial charge is 0.318 e. The van der Waals surface area contributed by atoms with Gasteiger partial charge in [0.05, 0.1) is 0 Å². The molecule has 0 atom stereocenters. The van der Waals surface area contributed by atoms with Crippen LogP contribution in [-0.2, 0) is 0 Å². The van der Waals surface area contributed by atoms with Crippen LogP contribution in [0, 0.1) is 5.92 Å². The first-order valence-electron chi connectivity index (χ1n) is 6.61. The Morgan fingerprint density at radius 1 is 0.938 bits per heavy atom. The molecule has 0 aliphatic carbocycles. The van der Waals surface area contributed by atoms with Crippen molar-refractivity contribution in [1.29, 1.82) is 0 Å². The van der Waals surface area contributed by atoms with E-state index in [0.717, 1.165) is 12.6 Å². The molecule has 0 bridgehead atoms. The first kappa shape index (κ1) is 12.3. The van der Waals surface area contributed by atoms with Crippen LogP contribution in [0.4, 0.5) is 0 Å². The highest BCUT2D eigenvalue weighted by Gasteiger charge is 2.22. The van der Waals surface area contributed by atoms with Crippen molar-refractivity contribution in [3.8, 4) is 0 Å². The highest BCUT2D eigenvalue weighted by atomic mass is 15.2. The third-order valence-electron chi connectivity index (χ3n) is 4.08. The van der Waals surface area contributed by atoms with Crippen molar-refractivity contribution in [2.75, 3.05) is 59.5 Å². The monoisotopic (exact) mass is 226 g/mol. The third kappa shape index (κ3) is 3.42. The Labute approximate surface area is 99.4 Å². The molecule has 94 valence electrons. The summed E-state index contributed by atoms with van der Waals surface area (Å²) in [7, 11) is 2.22. The normalized spacial score (nSPS) is 27.4. The van der Waals surface area contributed by atoms with Crippen LogP contribution in [0.2, 0.25) is 0 Å². The van der Waals surface area contributed by atoms with Gasteiger partial charge in [-0.15, -0.1) is 0 Å². The molecule has 2 aliphatic heterocycles. The summed E-state index contributed by atoms with van der Waals surface area (Å²) in [6, 6.07) is 0. The predicted molar refractivity (Wildman–Crippen MR) is 67.3 cm³/mol. The SMILES string of the molecule is CN1CCN(CC2CCN(CN)CC2)CC1. The van der Waals surface area contributed by atoms with E-state index in [4.69, 9.17) is 5.73 Å². The first-order valence-corrected chi connectivity index (χ1v) is 6.61. The summed E-state index contributed by atoms with van der Waals surface area (Å²) in [5.41, 5.74) is 5.66. The highest BCUT2D eigenvalue weighted by molar-refractivity contribution is 4.77. The minimum absolute atomic E-state index is 0.737. The van der Waals surface area contributed by atoms with E-state index in [9.17, 15) is 0 Å². The Morgan fingerprint density at radius 2 is 1.56 bits per heavy atom. The molecule has 0 saturated carbocycles. The van der Waals surface area contributed by atoms with Gasteiger partial charge in [0.1, 0.15) is 0 Å². The first-order chi connectivity index (χ1) is 7.78. The summed E-state index contributed by atoms with van der Waals surface area (Å²) in [4.78, 5) is 7.43. The van der Waals surface area contributed by atoms with E-state index in [2.05, 4.69) is 21.7 Å². The lowest BCUT2D eigenvalue weighted by Crippen LogP contribution is -2.47. The van der Waals surface area contributed by atoms with E-state index in [1.54, 1.807) is 0 Å². The summed E-state index contributed by atoms with van der Waals surface area (Å²) >= 11 is 0. The molecule has 0 aromatic rings. The molecule has 2 rings (SSSR count). The topological polar surface area (TPSA) is 35.7 Å². The molecular weight excluding hydrogens is 200 g/mol. The van der Waals surface area contributed by atoms with E-state index in [1.165, 1.54) is 58.7 Å². The number of rotatable bonds is 3. The van der Waals surface area contributed by atoms with Crippen LogP contribution in [0.3, 0.4) is 0 Å². The lowest BCUT2D eigenvalue weighted by atomic mass is 9.96. The third-order valence-corrected chi connectivity index (χ3v) is 4.08. The van der Waals surface area contributed by atoms with Gasteiger partial charge in [-0.2, -0.15) is 0 Å². The van der Waals surface area contributed by atoms with E-state index in [0.29, 0.717) is 0 Å². The number of piperazine rings is 1. The van der Waals surface area contributed by atoms with Gasteiger partial charge in [-0.05, 0) is 38.9 Å². The molecule has 2 aliphatic rings. The number of hydrogen-bond donors (Lipinski definition) is 1. The molecule has 4 heteroatoms. The second-order valence-electron chi connectivity index (χ2n) is 5.35. The molecular formula is C12H26N4. The van der Waals surface area contributed by atoms with Gasteiger partial charge in [0.2, 0.25) is 0 Å². The molecule has 0 aromatic carbocycles. The van der Waals surface area contributed by atoms with Gasteiger partial charge >= 0.3 is 0 Å². The second-order valence-corrected chi connectivity index (χ2v) is 5.35. The molecule has 0 spiro atoms. The standard InChI is InChI=1S/C12H26N4/c1-14-6-8-15(9-7-14)10-12-2-4-16(11-13)5-3-12/h12H,2-11,13H2,1H3. The fourth-order valence-corrected chi connectivity index (χ4v) is 2.75. The van der Waals surface area contributed by atoms with Crippen LogP contribution in [0.25, 0.3) is 0 Å². The Hall–Kier alpha value is -0.160. The Balaban J connectivity index is 1.66. The Bertz CT molecular complexity index is 193. The summed E-state index contributed by atoms with van der Waals surface area (Å²) in [5.74, 6) is 0.909. The molecule has 2 saturated heterocycles. The molecule has 0 radical (unpaired) electrons. The van der Waals surface area contributed by atoms with Gasteiger partial charge in [0, 0.05) is 39.4 Å². The molecule has 4 nitrogen and oxygen atoms in total. The van der Waals surface area contributed by atoms with Crippen LogP contribution >= 0.6 is 0 Å². The number of nitrogens with zero attached hydrogens (tertiary/aromatic N) is 3. The number of nitrogens with two attached hydrogens (primary N) is 1. The van der Waals surface area contributed by atoms with Gasteiger partial charge < -0.3 is 15.5 Å². The van der Waals surface area contributed by atoms with Crippen molar-refractivity contribution in [3.63, 3.8) is 0 Å². The van der Waals surface area contributed by atoms with Crippen LogP contribution in [0.5, 0.6) is 0 Å². The molecule has 2 N–H and O–H groups in total. The molecule has 0 aromatic heterocycles. The average Bonchev–Trinajstić information content (AvgIpc) is 2.33. The zero-order valence-corrected chi connectivity index (χ0v) is 10.6. The van der Waals surface area contributed by atoms with E-state index in [1.807, 2.05) is 0 Å². The van der Waals surface area contributed by atoms with Crippen molar-refractivity contribution in [3.05, 3.63) is 0 Å². The maximum atomic E-state index is 5.66. The van der Waals surface area contributed by atoms with Crippen LogP contribution in [-0.4, -0.2) is 74.2 Å². The molecule has 2 heterocycles. The number of likely N-dealkylation sites (N-methyl/N-ethyl adjacent to an activating group) is 1. The lowest BCUT2D eigenvalue weighted by molar-refractivity contribution is 0.107. The highest BCUT2D eigenvalue weighted by Crippen LogP contribution is 2.18. The Kier molecular flexibility index (Phi) is 4.58. The molecule has 2 fully saturated rings. The second kappa shape index (κ2) is 5.96. The quantitative estimate of drug-likeness (QED) is 0.727. The van der Waals surface area contributed by atoms with Crippen molar-refractivity contribution >= 4 is 0 Å². The summed E-state index contributed by atoms with van der Waals surface area (Å²) < 4.78 is 0. The fraction of sp³-hybridized carbons (Fsp3) is 1.00. The minimum atomic E-state index is 0.737. The minimum Gasteiger partial charge on any atom is -0.318 e. The van der Waals surface area contributed by atoms with Gasteiger partial charge in [-0.25, -0.2) is 0 Å². The van der Waals surface area contributed by atoms with Crippen LogP contribution in [0.1, 0.15) is 12.8 Å². The maximum absolute atomic E-state index is 5.66. The van der Waals surface area contributed by atoms with Crippen LogP contribution < -0.4 is 5.73 Å². The van der Waals surface area contributed by atoms with E-state index >= 15 is 0 Å². The smallest absolute Gasteiger partial charge is 0.0455 e. The number of likely N-dealkylation sites (tertiary alicyclic amines) is 1. The van der Waals surface area contributed by atoms with Crippen molar-refractivity contribution in [1.82, 2.24) is 14.7 Å². The van der Waals surface area contributed by atoms with E-state index < -0.39 is 0 Å². The number of piperidine rings is 1. The molecule has 0 amide bonds. The zero-order valence-electron chi connectivity index (χ0n) is 10.6. The zero-order chi connectivity index (χ0) is 11.4. The maximum Gasteiger partial charge on any atom is 0.0455 e. The van der Waals surface area contributed by atoms with Crippen LogP contribution in [0.15, 0.2) is 0 Å². The Morgan fingerprint density at radius 3 is 2.12 bits per heavy atom. The van der Waals surface area contributed by atoms with E-state index in [-0.39, 0.29) is 0 Å². The fourth-order valence-electron chi connectivity index (χ4n) is 2.75.